The molecule has 0 radical (unpaired) electrons. The Bertz CT molecular complexity index is 630. The minimum Gasteiger partial charge on any atom is -0.309 e. The second-order valence-corrected chi connectivity index (χ2v) is 11.7. The molecule has 0 aliphatic heterocycles. The van der Waals surface area contributed by atoms with E-state index in [9.17, 15) is 17.8 Å². The summed E-state index contributed by atoms with van der Waals surface area (Å²) in [5, 5.41) is -0.235. The van der Waals surface area contributed by atoms with Gasteiger partial charge in [-0.3, -0.25) is 9.36 Å². The van der Waals surface area contributed by atoms with Crippen LogP contribution in [0, 0.1) is 0 Å². The molecule has 0 spiro atoms. The Morgan fingerprint density at radius 2 is 1.70 bits per heavy atom. The van der Waals surface area contributed by atoms with Gasteiger partial charge in [-0.15, -0.1) is 0 Å². The van der Waals surface area contributed by atoms with Crippen molar-refractivity contribution in [1.29, 1.82) is 0 Å². The fraction of sp³-hybridized carbons (Fsp3) is 0.944. The van der Waals surface area contributed by atoms with E-state index < -0.39 is 23.2 Å². The maximum atomic E-state index is 12.5. The van der Waals surface area contributed by atoms with Crippen molar-refractivity contribution in [3.63, 3.8) is 0 Å². The average Bonchev–Trinajstić information content (AvgIpc) is 3.40. The first-order valence-corrected chi connectivity index (χ1v) is 13.4. The summed E-state index contributed by atoms with van der Waals surface area (Å²) in [6, 6.07) is 0. The number of carbonyl (C=O) groups is 1. The van der Waals surface area contributed by atoms with Gasteiger partial charge in [-0.1, -0.05) is 19.3 Å². The average molecular weight is 424 g/mol. The minimum absolute atomic E-state index is 0.156. The summed E-state index contributed by atoms with van der Waals surface area (Å²) in [4.78, 5) is 12.3. The molecule has 0 bridgehead atoms. The Morgan fingerprint density at radius 1 is 1.11 bits per heavy atom. The van der Waals surface area contributed by atoms with Crippen molar-refractivity contribution in [2.75, 3.05) is 19.4 Å². The van der Waals surface area contributed by atoms with Gasteiger partial charge in [0.2, 0.25) is 10.0 Å². The first-order chi connectivity index (χ1) is 12.7. The molecule has 0 aromatic heterocycles. The molecule has 0 aromatic carbocycles. The Hall–Kier alpha value is -0.270. The predicted octanol–water partition coefficient (Wildman–Crippen LogP) is 3.78. The van der Waals surface area contributed by atoms with Gasteiger partial charge in [0.1, 0.15) is 11.9 Å². The lowest BCUT2D eigenvalue weighted by Crippen LogP contribution is -2.50. The summed E-state index contributed by atoms with van der Waals surface area (Å²) in [6.07, 6.45) is 7.53. The van der Waals surface area contributed by atoms with Crippen LogP contribution in [0.25, 0.3) is 0 Å². The number of rotatable bonds is 13. The molecule has 27 heavy (non-hydrogen) atoms. The van der Waals surface area contributed by atoms with E-state index in [0.29, 0.717) is 12.8 Å². The van der Waals surface area contributed by atoms with Crippen LogP contribution < -0.4 is 4.72 Å². The largest absolute Gasteiger partial charge is 0.338 e. The molecular weight excluding hydrogens is 389 g/mol. The molecule has 2 fully saturated rings. The lowest BCUT2D eigenvalue weighted by molar-refractivity contribution is -0.117. The van der Waals surface area contributed by atoms with Gasteiger partial charge in [0, 0.05) is 12.0 Å². The number of sulfonamides is 1. The van der Waals surface area contributed by atoms with E-state index in [2.05, 4.69) is 4.72 Å². The quantitative estimate of drug-likeness (QED) is 0.453. The van der Waals surface area contributed by atoms with Gasteiger partial charge in [0.25, 0.3) is 0 Å². The summed E-state index contributed by atoms with van der Waals surface area (Å²) >= 11 is 0. The SMILES string of the molecule is CCOP(=O)(CC(=O)CCCC1(NS(=O)(=O)C2CC2)CCCCC1)OCC. The summed E-state index contributed by atoms with van der Waals surface area (Å²) in [7, 11) is -6.62. The van der Waals surface area contributed by atoms with E-state index in [1.807, 2.05) is 0 Å². The molecule has 0 amide bonds. The van der Waals surface area contributed by atoms with Gasteiger partial charge in [-0.05, 0) is 52.4 Å². The number of carbonyl (C=O) groups excluding carboxylic acids is 1. The van der Waals surface area contributed by atoms with Crippen molar-refractivity contribution in [1.82, 2.24) is 4.72 Å². The first kappa shape index (κ1) is 23.0. The number of hydrogen-bond donors (Lipinski definition) is 1. The fourth-order valence-corrected chi connectivity index (χ4v) is 7.30. The summed E-state index contributed by atoms with van der Waals surface area (Å²) in [6.45, 7) is 3.90. The van der Waals surface area contributed by atoms with Crippen LogP contribution >= 0.6 is 7.60 Å². The highest BCUT2D eigenvalue weighted by Crippen LogP contribution is 2.48. The van der Waals surface area contributed by atoms with E-state index in [1.165, 1.54) is 0 Å². The molecule has 158 valence electrons. The van der Waals surface area contributed by atoms with Crippen LogP contribution in [0.15, 0.2) is 0 Å². The lowest BCUT2D eigenvalue weighted by atomic mass is 9.79. The molecule has 2 aliphatic rings. The number of hydrogen-bond acceptors (Lipinski definition) is 6. The smallest absolute Gasteiger partial charge is 0.309 e. The number of ketones is 1. The molecule has 2 saturated carbocycles. The third-order valence-electron chi connectivity index (χ3n) is 5.27. The van der Waals surface area contributed by atoms with Gasteiger partial charge in [0.15, 0.2) is 0 Å². The minimum atomic E-state index is -3.36. The maximum Gasteiger partial charge on any atom is 0.338 e. The highest BCUT2D eigenvalue weighted by atomic mass is 32.2. The van der Waals surface area contributed by atoms with Crippen LogP contribution in [-0.4, -0.2) is 44.4 Å². The fourth-order valence-electron chi connectivity index (χ4n) is 3.84. The Kier molecular flexibility index (Phi) is 8.50. The zero-order chi connectivity index (χ0) is 20.0. The lowest BCUT2D eigenvalue weighted by Gasteiger charge is -2.38. The zero-order valence-corrected chi connectivity index (χ0v) is 18.3. The van der Waals surface area contributed by atoms with E-state index in [1.54, 1.807) is 13.8 Å². The van der Waals surface area contributed by atoms with Crippen molar-refractivity contribution in [3.8, 4) is 0 Å². The maximum absolute atomic E-state index is 12.5. The zero-order valence-electron chi connectivity index (χ0n) is 16.6. The van der Waals surface area contributed by atoms with Crippen LogP contribution in [0.3, 0.4) is 0 Å². The summed E-state index contributed by atoms with van der Waals surface area (Å²) in [5.74, 6) is -0.156. The van der Waals surface area contributed by atoms with E-state index in [4.69, 9.17) is 9.05 Å². The van der Waals surface area contributed by atoms with Gasteiger partial charge in [-0.25, -0.2) is 13.1 Å². The molecule has 1 N–H and O–H groups in total. The second kappa shape index (κ2) is 9.97. The Balaban J connectivity index is 1.89. The van der Waals surface area contributed by atoms with Gasteiger partial charge in [-0.2, -0.15) is 0 Å². The van der Waals surface area contributed by atoms with Crippen LogP contribution in [0.2, 0.25) is 0 Å². The van der Waals surface area contributed by atoms with Crippen molar-refractivity contribution in [2.24, 2.45) is 0 Å². The van der Waals surface area contributed by atoms with Crippen LogP contribution in [0.5, 0.6) is 0 Å². The first-order valence-electron chi connectivity index (χ1n) is 10.2. The molecule has 2 aliphatic carbocycles. The molecule has 7 nitrogen and oxygen atoms in total. The standard InChI is InChI=1S/C18H34NO6PS/c1-3-24-26(21,25-4-2)15-16(20)9-8-14-18(12-6-5-7-13-18)19-27(22,23)17-10-11-17/h17,19H,3-15H2,1-2H3. The Labute approximate surface area is 163 Å². The molecule has 0 saturated heterocycles. The summed E-state index contributed by atoms with van der Waals surface area (Å²) < 4.78 is 50.7. The topological polar surface area (TPSA) is 98.8 Å². The molecule has 0 atom stereocenters. The van der Waals surface area contributed by atoms with Crippen LogP contribution in [0.1, 0.15) is 78.1 Å². The second-order valence-electron chi connectivity index (χ2n) is 7.68. The van der Waals surface area contributed by atoms with E-state index >= 15 is 0 Å². The molecule has 9 heteroatoms. The van der Waals surface area contributed by atoms with E-state index in [0.717, 1.165) is 44.9 Å². The van der Waals surface area contributed by atoms with Crippen LogP contribution in [-0.2, 0) is 28.4 Å². The predicted molar refractivity (Wildman–Crippen MR) is 105 cm³/mol. The van der Waals surface area contributed by atoms with Crippen molar-refractivity contribution in [3.05, 3.63) is 0 Å². The third kappa shape index (κ3) is 7.24. The van der Waals surface area contributed by atoms with Gasteiger partial charge in [0.05, 0.1) is 18.5 Å². The van der Waals surface area contributed by atoms with Gasteiger partial charge >= 0.3 is 7.60 Å². The highest BCUT2D eigenvalue weighted by molar-refractivity contribution is 7.90. The summed E-state index contributed by atoms with van der Waals surface area (Å²) in [5.41, 5.74) is -0.427. The molecule has 0 heterocycles. The van der Waals surface area contributed by atoms with Crippen molar-refractivity contribution >= 4 is 23.4 Å². The molecule has 2 rings (SSSR count). The Morgan fingerprint density at radius 3 is 2.22 bits per heavy atom. The molecule has 0 unspecified atom stereocenters. The van der Waals surface area contributed by atoms with Gasteiger partial charge < -0.3 is 9.05 Å². The number of Topliss-reactive ketones (excluding diaryl/α,β-unsaturated/α-hetero) is 1. The number of nitrogens with one attached hydrogen (secondary N) is 1. The van der Waals surface area contributed by atoms with Crippen LogP contribution in [0.4, 0.5) is 0 Å². The molecule has 0 aromatic rings. The van der Waals surface area contributed by atoms with Crippen molar-refractivity contribution < 1.29 is 26.8 Å². The highest BCUT2D eigenvalue weighted by Gasteiger charge is 2.42. The normalized spacial score (nSPS) is 20.5. The molecular formula is C18H34NO6PS. The van der Waals surface area contributed by atoms with E-state index in [-0.39, 0.29) is 36.8 Å². The monoisotopic (exact) mass is 423 g/mol. The third-order valence-corrected chi connectivity index (χ3v) is 9.37. The van der Waals surface area contributed by atoms with Crippen molar-refractivity contribution in [2.45, 2.75) is 88.8 Å².